The molecule has 0 aliphatic rings. The molecule has 0 fully saturated rings. The zero-order valence-corrected chi connectivity index (χ0v) is 30.1. The maximum Gasteiger partial charge on any atom is 0.164 e. The first-order valence-corrected chi connectivity index (χ1v) is 18.7. The molecule has 0 aliphatic heterocycles. The highest BCUT2D eigenvalue weighted by Crippen LogP contribution is 2.45. The fourth-order valence-electron chi connectivity index (χ4n) is 7.95. The number of fused-ring (bicyclic) bond motifs is 6. The largest absolute Gasteiger partial charge is 0.456 e. The van der Waals surface area contributed by atoms with Gasteiger partial charge in [-0.05, 0) is 69.8 Å². The van der Waals surface area contributed by atoms with Crippen LogP contribution in [0.2, 0.25) is 0 Å². The molecule has 0 saturated carbocycles. The Morgan fingerprint density at radius 3 is 1.48 bits per heavy atom. The average molecular weight is 718 g/mol. The number of benzene rings is 8. The summed E-state index contributed by atoms with van der Waals surface area (Å²) < 4.78 is 13.2. The van der Waals surface area contributed by atoms with Crippen LogP contribution in [0.15, 0.2) is 197 Å². The molecule has 0 amide bonds. The smallest absolute Gasteiger partial charge is 0.164 e. The van der Waals surface area contributed by atoms with Gasteiger partial charge in [0.1, 0.15) is 22.3 Å². The number of rotatable bonds is 6. The van der Waals surface area contributed by atoms with Gasteiger partial charge in [-0.1, -0.05) is 152 Å². The van der Waals surface area contributed by atoms with Gasteiger partial charge in [-0.25, -0.2) is 15.0 Å². The number of hydrogen-bond acceptors (Lipinski definition) is 5. The Labute approximate surface area is 322 Å². The third-order valence-electron chi connectivity index (χ3n) is 10.5. The standard InChI is InChI=1S/C51H31N3O2/c1-4-15-32(16-5-1)42-29-36(31-46-48(42)40-23-12-13-25-43(40)55-46)37-21-10-11-22-38(37)39-24-14-26-44-47(39)41-28-27-35(30-45(41)56-44)51-53-49(33-17-6-2-7-18-33)52-50(54-51)34-19-8-3-9-20-34/h1-31H. The van der Waals surface area contributed by atoms with Crippen molar-refractivity contribution in [1.82, 2.24) is 15.0 Å². The summed E-state index contributed by atoms with van der Waals surface area (Å²) in [5, 5.41) is 4.31. The summed E-state index contributed by atoms with van der Waals surface area (Å²) >= 11 is 0. The van der Waals surface area contributed by atoms with Crippen molar-refractivity contribution >= 4 is 43.9 Å². The summed E-state index contributed by atoms with van der Waals surface area (Å²) in [6, 6.07) is 64.5. The van der Waals surface area contributed by atoms with Gasteiger partial charge in [0.15, 0.2) is 17.5 Å². The Morgan fingerprint density at radius 2 is 0.768 bits per heavy atom. The molecule has 0 atom stereocenters. The second-order valence-electron chi connectivity index (χ2n) is 13.9. The minimum Gasteiger partial charge on any atom is -0.456 e. The van der Waals surface area contributed by atoms with E-state index in [1.54, 1.807) is 0 Å². The summed E-state index contributed by atoms with van der Waals surface area (Å²) in [5.41, 5.74) is 12.7. The summed E-state index contributed by atoms with van der Waals surface area (Å²) in [7, 11) is 0. The van der Waals surface area contributed by atoms with E-state index < -0.39 is 0 Å². The van der Waals surface area contributed by atoms with Gasteiger partial charge in [0.25, 0.3) is 0 Å². The van der Waals surface area contributed by atoms with Crippen molar-refractivity contribution in [3.05, 3.63) is 188 Å². The molecule has 3 aromatic heterocycles. The van der Waals surface area contributed by atoms with E-state index >= 15 is 0 Å². The molecular weight excluding hydrogens is 687 g/mol. The van der Waals surface area contributed by atoms with Gasteiger partial charge in [-0.3, -0.25) is 0 Å². The monoisotopic (exact) mass is 717 g/mol. The maximum atomic E-state index is 6.63. The van der Waals surface area contributed by atoms with E-state index in [-0.39, 0.29) is 0 Å². The number of aromatic nitrogens is 3. The molecule has 11 aromatic rings. The minimum absolute atomic E-state index is 0.584. The molecule has 0 radical (unpaired) electrons. The molecule has 0 bridgehead atoms. The molecule has 3 heterocycles. The highest BCUT2D eigenvalue weighted by Gasteiger charge is 2.20. The highest BCUT2D eigenvalue weighted by atomic mass is 16.3. The van der Waals surface area contributed by atoms with Crippen LogP contribution < -0.4 is 0 Å². The molecular formula is C51H31N3O2. The zero-order valence-electron chi connectivity index (χ0n) is 30.1. The van der Waals surface area contributed by atoms with Gasteiger partial charge in [-0.2, -0.15) is 0 Å². The topological polar surface area (TPSA) is 65.0 Å². The fraction of sp³-hybridized carbons (Fsp3) is 0. The predicted octanol–water partition coefficient (Wildman–Crippen LogP) is 13.7. The minimum atomic E-state index is 0.584. The van der Waals surface area contributed by atoms with Crippen molar-refractivity contribution < 1.29 is 8.83 Å². The lowest BCUT2D eigenvalue weighted by Crippen LogP contribution is -2.00. The van der Waals surface area contributed by atoms with E-state index in [9.17, 15) is 0 Å². The lowest BCUT2D eigenvalue weighted by molar-refractivity contribution is 0.668. The van der Waals surface area contributed by atoms with E-state index in [1.165, 1.54) is 0 Å². The van der Waals surface area contributed by atoms with Gasteiger partial charge in [0, 0.05) is 38.2 Å². The van der Waals surface area contributed by atoms with Crippen LogP contribution in [0, 0.1) is 0 Å². The molecule has 5 nitrogen and oxygen atoms in total. The van der Waals surface area contributed by atoms with Gasteiger partial charge in [0.05, 0.1) is 0 Å². The third kappa shape index (κ3) is 5.37. The number of furan rings is 2. The van der Waals surface area contributed by atoms with Crippen molar-refractivity contribution in [2.24, 2.45) is 0 Å². The fourth-order valence-corrected chi connectivity index (χ4v) is 7.95. The summed E-state index contributed by atoms with van der Waals surface area (Å²) in [6.45, 7) is 0. The van der Waals surface area contributed by atoms with Crippen LogP contribution in [-0.4, -0.2) is 15.0 Å². The Morgan fingerprint density at radius 1 is 0.268 bits per heavy atom. The van der Waals surface area contributed by atoms with Crippen molar-refractivity contribution in [3.8, 4) is 67.5 Å². The molecule has 0 aliphatic carbocycles. The van der Waals surface area contributed by atoms with E-state index in [4.69, 9.17) is 23.8 Å². The SMILES string of the molecule is c1ccc(-c2nc(-c3ccccc3)nc(-c3ccc4c(c3)oc3cccc(-c5ccccc5-c5cc(-c6ccccc6)c6c(c5)oc5ccccc56)c34)n2)cc1. The summed E-state index contributed by atoms with van der Waals surface area (Å²) in [4.78, 5) is 14.8. The number of nitrogens with zero attached hydrogens (tertiary/aromatic N) is 3. The molecule has 262 valence electrons. The van der Waals surface area contributed by atoms with E-state index in [0.29, 0.717) is 17.5 Å². The Balaban J connectivity index is 1.07. The van der Waals surface area contributed by atoms with Crippen LogP contribution in [0.25, 0.3) is 111 Å². The molecule has 56 heavy (non-hydrogen) atoms. The van der Waals surface area contributed by atoms with Crippen molar-refractivity contribution in [3.63, 3.8) is 0 Å². The average Bonchev–Trinajstić information content (AvgIpc) is 3.85. The molecule has 0 N–H and O–H groups in total. The van der Waals surface area contributed by atoms with E-state index in [2.05, 4.69) is 103 Å². The lowest BCUT2D eigenvalue weighted by Gasteiger charge is -2.14. The van der Waals surface area contributed by atoms with Crippen LogP contribution in [0.5, 0.6) is 0 Å². The molecule has 8 aromatic carbocycles. The second kappa shape index (κ2) is 13.0. The number of hydrogen-bond donors (Lipinski definition) is 0. The Kier molecular flexibility index (Phi) is 7.42. The van der Waals surface area contributed by atoms with Crippen LogP contribution in [0.1, 0.15) is 0 Å². The Hall–Kier alpha value is -7.63. The molecule has 0 saturated heterocycles. The van der Waals surface area contributed by atoms with Gasteiger partial charge >= 0.3 is 0 Å². The highest BCUT2D eigenvalue weighted by molar-refractivity contribution is 6.16. The predicted molar refractivity (Wildman–Crippen MR) is 227 cm³/mol. The van der Waals surface area contributed by atoms with Crippen LogP contribution in [0.4, 0.5) is 0 Å². The molecule has 0 spiro atoms. The van der Waals surface area contributed by atoms with Gasteiger partial charge in [0.2, 0.25) is 0 Å². The summed E-state index contributed by atoms with van der Waals surface area (Å²) in [6.07, 6.45) is 0. The van der Waals surface area contributed by atoms with Crippen molar-refractivity contribution in [2.75, 3.05) is 0 Å². The van der Waals surface area contributed by atoms with E-state index in [1.807, 2.05) is 84.9 Å². The molecule has 11 rings (SSSR count). The van der Waals surface area contributed by atoms with Crippen molar-refractivity contribution in [1.29, 1.82) is 0 Å². The van der Waals surface area contributed by atoms with Crippen LogP contribution >= 0.6 is 0 Å². The number of para-hydroxylation sites is 1. The van der Waals surface area contributed by atoms with Crippen molar-refractivity contribution in [2.45, 2.75) is 0 Å². The summed E-state index contributed by atoms with van der Waals surface area (Å²) in [5.74, 6) is 1.82. The normalized spacial score (nSPS) is 11.6. The van der Waals surface area contributed by atoms with Crippen LogP contribution in [-0.2, 0) is 0 Å². The molecule has 5 heteroatoms. The Bertz CT molecular complexity index is 3180. The first-order chi connectivity index (χ1) is 27.7. The second-order valence-corrected chi connectivity index (χ2v) is 13.9. The van der Waals surface area contributed by atoms with Gasteiger partial charge in [-0.15, -0.1) is 0 Å². The molecule has 0 unspecified atom stereocenters. The maximum absolute atomic E-state index is 6.63. The first-order valence-electron chi connectivity index (χ1n) is 18.7. The van der Waals surface area contributed by atoms with Gasteiger partial charge < -0.3 is 8.83 Å². The first kappa shape index (κ1) is 31.9. The van der Waals surface area contributed by atoms with E-state index in [0.717, 1.165) is 93.9 Å². The zero-order chi connectivity index (χ0) is 37.0. The van der Waals surface area contributed by atoms with Crippen LogP contribution in [0.3, 0.4) is 0 Å². The third-order valence-corrected chi connectivity index (χ3v) is 10.5. The lowest BCUT2D eigenvalue weighted by atomic mass is 9.89. The quantitative estimate of drug-likeness (QED) is 0.171.